The minimum atomic E-state index is -0.423. The summed E-state index contributed by atoms with van der Waals surface area (Å²) in [6.07, 6.45) is 0.670. The van der Waals surface area contributed by atoms with Gasteiger partial charge in [0.1, 0.15) is 5.82 Å². The molecule has 0 saturated carbocycles. The summed E-state index contributed by atoms with van der Waals surface area (Å²) < 4.78 is 21.4. The molecule has 0 radical (unpaired) electrons. The molecule has 1 amide bonds. The fourth-order valence-corrected chi connectivity index (χ4v) is 4.23. The molecule has 7 nitrogen and oxygen atoms in total. The number of aryl methyl sites for hydroxylation is 3. The van der Waals surface area contributed by atoms with E-state index in [-0.39, 0.29) is 23.2 Å². The fraction of sp³-hybridized carbons (Fsp3) is 0.250. The second-order valence-electron chi connectivity index (χ2n) is 8.10. The van der Waals surface area contributed by atoms with Crippen LogP contribution in [-0.2, 0) is 20.0 Å². The number of fused-ring (bicyclic) bond motifs is 1. The molecule has 0 N–H and O–H groups in total. The van der Waals surface area contributed by atoms with Crippen LogP contribution in [0.1, 0.15) is 32.7 Å². The summed E-state index contributed by atoms with van der Waals surface area (Å²) in [5.41, 5.74) is 5.46. The highest BCUT2D eigenvalue weighted by Crippen LogP contribution is 2.31. The van der Waals surface area contributed by atoms with Crippen LogP contribution >= 0.6 is 0 Å². The highest BCUT2D eigenvalue weighted by molar-refractivity contribution is 5.96. The lowest BCUT2D eigenvalue weighted by Crippen LogP contribution is -2.36. The van der Waals surface area contributed by atoms with Gasteiger partial charge in [0.15, 0.2) is 5.69 Å². The summed E-state index contributed by atoms with van der Waals surface area (Å²) in [6.45, 7) is 4.95. The number of amides is 1. The molecular formula is C24H22FN5O2. The minimum absolute atomic E-state index is 0.0134. The van der Waals surface area contributed by atoms with E-state index in [9.17, 15) is 9.18 Å². The summed E-state index contributed by atoms with van der Waals surface area (Å²) in [6, 6.07) is 12.1. The Morgan fingerprint density at radius 1 is 1.16 bits per heavy atom. The summed E-state index contributed by atoms with van der Waals surface area (Å²) in [4.78, 5) is 19.4. The Hall–Kier alpha value is -3.81. The molecular weight excluding hydrogens is 409 g/mol. The van der Waals surface area contributed by atoms with Crippen LogP contribution in [0.15, 0.2) is 47.0 Å². The van der Waals surface area contributed by atoms with Gasteiger partial charge in [-0.15, -0.1) is 0 Å². The van der Waals surface area contributed by atoms with Crippen molar-refractivity contribution in [3.63, 3.8) is 0 Å². The van der Waals surface area contributed by atoms with E-state index in [0.717, 1.165) is 22.4 Å². The van der Waals surface area contributed by atoms with Crippen molar-refractivity contribution < 1.29 is 13.7 Å². The van der Waals surface area contributed by atoms with Crippen LogP contribution < -0.4 is 0 Å². The SMILES string of the molecule is Cc1ccc(C(=O)N2CCc3c(c(-c4nc(-c5ccccc5F)no4)nn3C)C2)c(C)c1. The van der Waals surface area contributed by atoms with Crippen LogP contribution in [-0.4, -0.2) is 37.3 Å². The number of halogens is 1. The van der Waals surface area contributed by atoms with Gasteiger partial charge < -0.3 is 9.42 Å². The molecule has 2 aromatic carbocycles. The van der Waals surface area contributed by atoms with Gasteiger partial charge in [0.05, 0.1) is 12.1 Å². The Morgan fingerprint density at radius 2 is 1.97 bits per heavy atom. The highest BCUT2D eigenvalue weighted by Gasteiger charge is 2.30. The Kier molecular flexibility index (Phi) is 4.84. The number of benzene rings is 2. The predicted octanol–water partition coefficient (Wildman–Crippen LogP) is 4.09. The first kappa shape index (κ1) is 20.1. The van der Waals surface area contributed by atoms with Crippen LogP contribution in [0.2, 0.25) is 0 Å². The van der Waals surface area contributed by atoms with E-state index in [1.54, 1.807) is 22.9 Å². The van der Waals surface area contributed by atoms with Gasteiger partial charge in [0, 0.05) is 36.8 Å². The van der Waals surface area contributed by atoms with Crippen molar-refractivity contribution in [2.75, 3.05) is 6.54 Å². The van der Waals surface area contributed by atoms with Gasteiger partial charge in [-0.3, -0.25) is 9.48 Å². The summed E-state index contributed by atoms with van der Waals surface area (Å²) >= 11 is 0. The maximum Gasteiger partial charge on any atom is 0.279 e. The largest absolute Gasteiger partial charge is 0.334 e. The van der Waals surface area contributed by atoms with Crippen LogP contribution in [0.3, 0.4) is 0 Å². The quantitative estimate of drug-likeness (QED) is 0.488. The van der Waals surface area contributed by atoms with Gasteiger partial charge in [-0.2, -0.15) is 10.1 Å². The number of rotatable bonds is 3. The number of hydrogen-bond donors (Lipinski definition) is 0. The number of carbonyl (C=O) groups excluding carboxylic acids is 1. The maximum atomic E-state index is 14.1. The molecule has 5 rings (SSSR count). The third-order valence-electron chi connectivity index (χ3n) is 5.89. The topological polar surface area (TPSA) is 77.1 Å². The van der Waals surface area contributed by atoms with E-state index in [2.05, 4.69) is 15.2 Å². The molecule has 0 saturated heterocycles. The van der Waals surface area contributed by atoms with Gasteiger partial charge in [-0.1, -0.05) is 35.0 Å². The number of aromatic nitrogens is 4. The molecule has 0 bridgehead atoms. The van der Waals surface area contributed by atoms with Crippen molar-refractivity contribution in [1.29, 1.82) is 0 Å². The number of hydrogen-bond acceptors (Lipinski definition) is 5. The first-order valence-electron chi connectivity index (χ1n) is 10.4. The number of carbonyl (C=O) groups is 1. The van der Waals surface area contributed by atoms with E-state index in [0.29, 0.717) is 30.8 Å². The van der Waals surface area contributed by atoms with Gasteiger partial charge in [0.2, 0.25) is 5.82 Å². The second kappa shape index (κ2) is 7.71. The van der Waals surface area contributed by atoms with E-state index >= 15 is 0 Å². The van der Waals surface area contributed by atoms with Crippen LogP contribution in [0.25, 0.3) is 23.0 Å². The van der Waals surface area contributed by atoms with Gasteiger partial charge in [0.25, 0.3) is 11.8 Å². The monoisotopic (exact) mass is 431 g/mol. The Labute approximate surface area is 184 Å². The third kappa shape index (κ3) is 3.37. The standard InChI is InChI=1S/C24H22FN5O2/c1-14-8-9-16(15(2)12-14)24(31)30-11-10-20-18(13-30)21(27-29(20)3)23-26-22(28-32-23)17-6-4-5-7-19(17)25/h4-9,12H,10-11,13H2,1-3H3. The predicted molar refractivity (Wildman–Crippen MR) is 116 cm³/mol. The fourth-order valence-electron chi connectivity index (χ4n) is 4.23. The average molecular weight is 431 g/mol. The van der Waals surface area contributed by atoms with Gasteiger partial charge in [-0.05, 0) is 37.6 Å². The van der Waals surface area contributed by atoms with Crippen molar-refractivity contribution in [2.24, 2.45) is 7.05 Å². The number of nitrogens with zero attached hydrogens (tertiary/aromatic N) is 5. The molecule has 0 aliphatic carbocycles. The molecule has 3 heterocycles. The van der Waals surface area contributed by atoms with Gasteiger partial charge in [-0.25, -0.2) is 4.39 Å². The lowest BCUT2D eigenvalue weighted by atomic mass is 10.0. The maximum absolute atomic E-state index is 14.1. The van der Waals surface area contributed by atoms with Crippen molar-refractivity contribution >= 4 is 5.91 Å². The third-order valence-corrected chi connectivity index (χ3v) is 5.89. The molecule has 4 aromatic rings. The summed E-state index contributed by atoms with van der Waals surface area (Å²) in [5.74, 6) is -0.0638. The average Bonchev–Trinajstić information content (AvgIpc) is 3.38. The Morgan fingerprint density at radius 3 is 2.75 bits per heavy atom. The van der Waals surface area contributed by atoms with E-state index in [1.165, 1.54) is 6.07 Å². The van der Waals surface area contributed by atoms with Crippen LogP contribution in [0, 0.1) is 19.7 Å². The Balaban J connectivity index is 1.48. The Bertz CT molecular complexity index is 1340. The smallest absolute Gasteiger partial charge is 0.279 e. The zero-order chi connectivity index (χ0) is 22.4. The lowest BCUT2D eigenvalue weighted by molar-refractivity contribution is 0.0733. The summed E-state index contributed by atoms with van der Waals surface area (Å²) in [7, 11) is 1.86. The van der Waals surface area contributed by atoms with Crippen molar-refractivity contribution in [3.05, 3.63) is 76.2 Å². The zero-order valence-corrected chi connectivity index (χ0v) is 18.1. The first-order chi connectivity index (χ1) is 15.4. The molecule has 32 heavy (non-hydrogen) atoms. The first-order valence-corrected chi connectivity index (χ1v) is 10.4. The molecule has 0 atom stereocenters. The molecule has 8 heteroatoms. The van der Waals surface area contributed by atoms with Crippen molar-refractivity contribution in [3.8, 4) is 23.0 Å². The van der Waals surface area contributed by atoms with Crippen LogP contribution in [0.5, 0.6) is 0 Å². The second-order valence-corrected chi connectivity index (χ2v) is 8.10. The zero-order valence-electron chi connectivity index (χ0n) is 18.1. The molecule has 0 spiro atoms. The molecule has 1 aliphatic rings. The lowest BCUT2D eigenvalue weighted by Gasteiger charge is -2.28. The van der Waals surface area contributed by atoms with E-state index in [1.807, 2.05) is 44.0 Å². The summed E-state index contributed by atoms with van der Waals surface area (Å²) in [5, 5.41) is 8.52. The van der Waals surface area contributed by atoms with Crippen molar-refractivity contribution in [2.45, 2.75) is 26.8 Å². The van der Waals surface area contributed by atoms with Crippen molar-refractivity contribution in [1.82, 2.24) is 24.8 Å². The van der Waals surface area contributed by atoms with E-state index in [4.69, 9.17) is 4.52 Å². The normalized spacial score (nSPS) is 13.3. The molecule has 2 aromatic heterocycles. The minimum Gasteiger partial charge on any atom is -0.334 e. The van der Waals surface area contributed by atoms with E-state index < -0.39 is 5.82 Å². The molecule has 1 aliphatic heterocycles. The molecule has 0 fully saturated rings. The van der Waals surface area contributed by atoms with Gasteiger partial charge >= 0.3 is 0 Å². The van der Waals surface area contributed by atoms with Crippen LogP contribution in [0.4, 0.5) is 4.39 Å². The molecule has 0 unspecified atom stereocenters. The highest BCUT2D eigenvalue weighted by atomic mass is 19.1. The molecule has 162 valence electrons.